The number of aromatic nitrogens is 5. The highest BCUT2D eigenvalue weighted by atomic mass is 16.5. The molecule has 2 aromatic rings. The Labute approximate surface area is 106 Å². The first-order chi connectivity index (χ1) is 8.79. The summed E-state index contributed by atoms with van der Waals surface area (Å²) in [6.45, 7) is 6.31. The van der Waals surface area contributed by atoms with E-state index in [9.17, 15) is 0 Å². The molecule has 0 fully saturated rings. The van der Waals surface area contributed by atoms with E-state index in [0.717, 1.165) is 37.6 Å². The summed E-state index contributed by atoms with van der Waals surface area (Å²) in [5.74, 6) is 2.30. The smallest absolute Gasteiger partial charge is 0.223 e. The van der Waals surface area contributed by atoms with Gasteiger partial charge in [0.2, 0.25) is 5.89 Å². The van der Waals surface area contributed by atoms with Gasteiger partial charge in [-0.25, -0.2) is 9.67 Å². The first-order valence-electron chi connectivity index (χ1n) is 6.16. The Morgan fingerprint density at radius 2 is 2.33 bits per heavy atom. The van der Waals surface area contributed by atoms with E-state index in [-0.39, 0.29) is 0 Å². The number of nitrogens with zero attached hydrogens (tertiary/aromatic N) is 5. The van der Waals surface area contributed by atoms with Crippen molar-refractivity contribution in [2.45, 2.75) is 39.8 Å². The minimum absolute atomic E-state index is 0.604. The average molecular weight is 250 g/mol. The summed E-state index contributed by atoms with van der Waals surface area (Å²) >= 11 is 0. The van der Waals surface area contributed by atoms with Crippen molar-refractivity contribution >= 4 is 0 Å². The van der Waals surface area contributed by atoms with Crippen LogP contribution in [0.4, 0.5) is 0 Å². The van der Waals surface area contributed by atoms with Crippen molar-refractivity contribution in [3.8, 4) is 0 Å². The molecule has 0 saturated carbocycles. The summed E-state index contributed by atoms with van der Waals surface area (Å²) in [4.78, 5) is 8.36. The van der Waals surface area contributed by atoms with E-state index in [1.807, 2.05) is 4.68 Å². The van der Waals surface area contributed by atoms with Gasteiger partial charge in [-0.1, -0.05) is 12.1 Å². The second-order valence-corrected chi connectivity index (χ2v) is 4.06. The zero-order chi connectivity index (χ0) is 12.8. The van der Waals surface area contributed by atoms with Gasteiger partial charge in [0.05, 0.1) is 6.54 Å². The van der Waals surface area contributed by atoms with Gasteiger partial charge in [-0.2, -0.15) is 10.1 Å². The normalized spacial score (nSPS) is 11.0. The van der Waals surface area contributed by atoms with E-state index in [4.69, 9.17) is 4.52 Å². The summed E-state index contributed by atoms with van der Waals surface area (Å²) in [5.41, 5.74) is 0. The Morgan fingerprint density at radius 1 is 1.44 bits per heavy atom. The Bertz CT molecular complexity index is 477. The average Bonchev–Trinajstić information content (AvgIpc) is 2.95. The van der Waals surface area contributed by atoms with Crippen LogP contribution in [0.1, 0.15) is 30.9 Å². The number of hydrogen-bond donors (Lipinski definition) is 1. The monoisotopic (exact) mass is 250 g/mol. The summed E-state index contributed by atoms with van der Waals surface area (Å²) in [7, 11) is 0. The lowest BCUT2D eigenvalue weighted by Gasteiger charge is -2.05. The van der Waals surface area contributed by atoms with Crippen LogP contribution in [0, 0.1) is 6.92 Å². The molecule has 98 valence electrons. The Hall–Kier alpha value is -1.76. The van der Waals surface area contributed by atoms with Crippen molar-refractivity contribution in [2.24, 2.45) is 0 Å². The van der Waals surface area contributed by atoms with Crippen LogP contribution in [0.5, 0.6) is 0 Å². The van der Waals surface area contributed by atoms with Gasteiger partial charge in [0, 0.05) is 26.4 Å². The van der Waals surface area contributed by atoms with Gasteiger partial charge >= 0.3 is 0 Å². The fourth-order valence-electron chi connectivity index (χ4n) is 1.67. The van der Waals surface area contributed by atoms with Gasteiger partial charge in [-0.15, -0.1) is 0 Å². The fraction of sp³-hybridized carbons (Fsp3) is 0.636. The van der Waals surface area contributed by atoms with Crippen molar-refractivity contribution in [1.82, 2.24) is 30.2 Å². The zero-order valence-electron chi connectivity index (χ0n) is 10.8. The SMILES string of the molecule is CCCn1ncnc1CNCCc1noc(C)n1. The molecule has 7 nitrogen and oxygen atoms in total. The molecule has 7 heteroatoms. The number of nitrogens with one attached hydrogen (secondary N) is 1. The quantitative estimate of drug-likeness (QED) is 0.729. The molecule has 0 unspecified atom stereocenters. The second kappa shape index (κ2) is 6.25. The first kappa shape index (κ1) is 12.7. The van der Waals surface area contributed by atoms with Crippen LogP contribution in [0.25, 0.3) is 0 Å². The fourth-order valence-corrected chi connectivity index (χ4v) is 1.67. The van der Waals surface area contributed by atoms with E-state index in [1.165, 1.54) is 0 Å². The van der Waals surface area contributed by atoms with Crippen LogP contribution >= 0.6 is 0 Å². The van der Waals surface area contributed by atoms with Gasteiger partial charge in [0.25, 0.3) is 0 Å². The summed E-state index contributed by atoms with van der Waals surface area (Å²) in [6.07, 6.45) is 3.40. The summed E-state index contributed by atoms with van der Waals surface area (Å²) in [5, 5.41) is 11.3. The van der Waals surface area contributed by atoms with Gasteiger partial charge in [-0.3, -0.25) is 0 Å². The van der Waals surface area contributed by atoms with Crippen LogP contribution in [-0.2, 0) is 19.5 Å². The van der Waals surface area contributed by atoms with Crippen LogP contribution in [0.15, 0.2) is 10.9 Å². The predicted octanol–water partition coefficient (Wildman–Crippen LogP) is 0.712. The van der Waals surface area contributed by atoms with Gasteiger partial charge in [-0.05, 0) is 6.42 Å². The maximum absolute atomic E-state index is 4.90. The molecule has 0 aliphatic rings. The molecule has 0 radical (unpaired) electrons. The standard InChI is InChI=1S/C11H18N6O/c1-3-6-17-11(13-8-14-17)7-12-5-4-10-15-9(2)18-16-10/h8,12H,3-7H2,1-2H3. The zero-order valence-corrected chi connectivity index (χ0v) is 10.8. The minimum atomic E-state index is 0.604. The highest BCUT2D eigenvalue weighted by Crippen LogP contribution is 1.97. The predicted molar refractivity (Wildman–Crippen MR) is 64.8 cm³/mol. The number of hydrogen-bond acceptors (Lipinski definition) is 6. The van der Waals surface area contributed by atoms with E-state index >= 15 is 0 Å². The Morgan fingerprint density at radius 3 is 3.06 bits per heavy atom. The first-order valence-corrected chi connectivity index (χ1v) is 6.16. The van der Waals surface area contributed by atoms with Gasteiger partial charge in [0.15, 0.2) is 5.82 Å². The molecule has 2 rings (SSSR count). The van der Waals surface area contributed by atoms with E-state index in [1.54, 1.807) is 13.3 Å². The molecule has 0 bridgehead atoms. The van der Waals surface area contributed by atoms with Crippen molar-refractivity contribution in [2.75, 3.05) is 6.54 Å². The Balaban J connectivity index is 1.73. The maximum atomic E-state index is 4.90. The van der Waals surface area contributed by atoms with Crippen LogP contribution in [-0.4, -0.2) is 31.4 Å². The molecule has 0 spiro atoms. The molecule has 0 aliphatic carbocycles. The van der Waals surface area contributed by atoms with E-state index in [0.29, 0.717) is 12.4 Å². The van der Waals surface area contributed by atoms with E-state index < -0.39 is 0 Å². The molecular formula is C11H18N6O. The largest absolute Gasteiger partial charge is 0.340 e. The van der Waals surface area contributed by atoms with Crippen molar-refractivity contribution in [3.63, 3.8) is 0 Å². The maximum Gasteiger partial charge on any atom is 0.223 e. The molecule has 2 aromatic heterocycles. The van der Waals surface area contributed by atoms with Gasteiger partial charge in [0.1, 0.15) is 12.2 Å². The molecule has 0 atom stereocenters. The van der Waals surface area contributed by atoms with Crippen LogP contribution in [0.3, 0.4) is 0 Å². The molecule has 0 aromatic carbocycles. The topological polar surface area (TPSA) is 81.7 Å². The molecule has 1 N–H and O–H groups in total. The summed E-state index contributed by atoms with van der Waals surface area (Å²) in [6, 6.07) is 0. The molecular weight excluding hydrogens is 232 g/mol. The van der Waals surface area contributed by atoms with Gasteiger partial charge < -0.3 is 9.84 Å². The van der Waals surface area contributed by atoms with Crippen LogP contribution in [0.2, 0.25) is 0 Å². The molecule has 0 saturated heterocycles. The third-order valence-electron chi connectivity index (χ3n) is 2.51. The van der Waals surface area contributed by atoms with Crippen molar-refractivity contribution in [3.05, 3.63) is 23.9 Å². The van der Waals surface area contributed by atoms with Crippen molar-refractivity contribution < 1.29 is 4.52 Å². The van der Waals surface area contributed by atoms with Crippen LogP contribution < -0.4 is 5.32 Å². The third kappa shape index (κ3) is 3.36. The Kier molecular flexibility index (Phi) is 4.40. The number of rotatable bonds is 7. The molecule has 0 amide bonds. The number of aryl methyl sites for hydroxylation is 2. The highest BCUT2D eigenvalue weighted by molar-refractivity contribution is 4.86. The summed E-state index contributed by atoms with van der Waals surface area (Å²) < 4.78 is 6.83. The second-order valence-electron chi connectivity index (χ2n) is 4.06. The molecule has 18 heavy (non-hydrogen) atoms. The van der Waals surface area contributed by atoms with E-state index in [2.05, 4.69) is 32.5 Å². The highest BCUT2D eigenvalue weighted by Gasteiger charge is 2.04. The molecule has 2 heterocycles. The third-order valence-corrected chi connectivity index (χ3v) is 2.51. The lowest BCUT2D eigenvalue weighted by Crippen LogP contribution is -2.20. The lowest BCUT2D eigenvalue weighted by atomic mass is 10.4. The minimum Gasteiger partial charge on any atom is -0.340 e. The van der Waals surface area contributed by atoms with Crippen molar-refractivity contribution in [1.29, 1.82) is 0 Å². The lowest BCUT2D eigenvalue weighted by molar-refractivity contribution is 0.386. The molecule has 0 aliphatic heterocycles.